The molecule has 2 aromatic rings. The lowest BCUT2D eigenvalue weighted by atomic mass is 10.2. The molecule has 1 aliphatic rings. The summed E-state index contributed by atoms with van der Waals surface area (Å²) in [6.07, 6.45) is 2.27. The molecule has 9 heteroatoms. The number of aromatic amines is 1. The van der Waals surface area contributed by atoms with E-state index in [-0.39, 0.29) is 29.4 Å². The highest BCUT2D eigenvalue weighted by Gasteiger charge is 2.25. The van der Waals surface area contributed by atoms with Crippen LogP contribution in [0.1, 0.15) is 38.5 Å². The number of hydrogen-bond acceptors (Lipinski definition) is 5. The minimum absolute atomic E-state index is 0.120. The molecule has 0 radical (unpaired) electrons. The fourth-order valence-corrected chi connectivity index (χ4v) is 3.09. The van der Waals surface area contributed by atoms with Crippen molar-refractivity contribution in [3.05, 3.63) is 63.3 Å². The number of amides is 2. The molecule has 2 aromatic heterocycles. The van der Waals surface area contributed by atoms with E-state index in [1.54, 1.807) is 41.1 Å². The zero-order chi connectivity index (χ0) is 21.4. The van der Waals surface area contributed by atoms with E-state index in [1.807, 2.05) is 13.0 Å². The molecule has 0 atom stereocenters. The van der Waals surface area contributed by atoms with Crippen LogP contribution in [-0.2, 0) is 4.79 Å². The number of aromatic nitrogens is 2. The van der Waals surface area contributed by atoms with Gasteiger partial charge in [-0.1, -0.05) is 6.07 Å². The summed E-state index contributed by atoms with van der Waals surface area (Å²) in [4.78, 5) is 56.0. The first-order valence-corrected chi connectivity index (χ1v) is 9.17. The topological polar surface area (TPSA) is 124 Å². The van der Waals surface area contributed by atoms with Crippen molar-refractivity contribution in [2.45, 2.75) is 20.3 Å². The number of nitrogens with one attached hydrogen (secondary N) is 1. The van der Waals surface area contributed by atoms with Crippen LogP contribution in [0.5, 0.6) is 0 Å². The number of aryl methyl sites for hydroxylation is 2. The fourth-order valence-electron chi connectivity index (χ4n) is 3.09. The summed E-state index contributed by atoms with van der Waals surface area (Å²) >= 11 is 0. The molecule has 0 unspecified atom stereocenters. The molecule has 0 aromatic carbocycles. The van der Waals surface area contributed by atoms with Crippen LogP contribution < -0.4 is 5.56 Å². The summed E-state index contributed by atoms with van der Waals surface area (Å²) in [7, 11) is 0. The van der Waals surface area contributed by atoms with Gasteiger partial charge in [-0.3, -0.25) is 24.2 Å². The largest absolute Gasteiger partial charge is 0.483 e. The molecule has 1 fully saturated rings. The van der Waals surface area contributed by atoms with Gasteiger partial charge in [0.2, 0.25) is 0 Å². The van der Waals surface area contributed by atoms with E-state index in [4.69, 9.17) is 9.90 Å². The van der Waals surface area contributed by atoms with Crippen molar-refractivity contribution < 1.29 is 19.5 Å². The Morgan fingerprint density at radius 2 is 1.69 bits per heavy atom. The second-order valence-electron chi connectivity index (χ2n) is 6.60. The second-order valence-corrected chi connectivity index (χ2v) is 6.60. The first-order chi connectivity index (χ1) is 13.9. The number of pyridine rings is 2. The maximum absolute atomic E-state index is 12.7. The highest BCUT2D eigenvalue weighted by Crippen LogP contribution is 2.12. The molecule has 0 saturated carbocycles. The van der Waals surface area contributed by atoms with Crippen LogP contribution in [-0.4, -0.2) is 69.3 Å². The van der Waals surface area contributed by atoms with E-state index in [1.165, 1.54) is 0 Å². The predicted octanol–water partition coefficient (Wildman–Crippen LogP) is 1.08. The lowest BCUT2D eigenvalue weighted by molar-refractivity contribution is -0.122. The van der Waals surface area contributed by atoms with Crippen molar-refractivity contribution in [1.29, 1.82) is 0 Å². The van der Waals surface area contributed by atoms with Crippen molar-refractivity contribution in [2.75, 3.05) is 26.2 Å². The third kappa shape index (κ3) is 5.50. The monoisotopic (exact) mass is 400 g/mol. The smallest absolute Gasteiger partial charge is 0.290 e. The summed E-state index contributed by atoms with van der Waals surface area (Å²) < 4.78 is 0. The van der Waals surface area contributed by atoms with Crippen molar-refractivity contribution in [3.8, 4) is 0 Å². The van der Waals surface area contributed by atoms with Crippen LogP contribution in [0.3, 0.4) is 0 Å². The molecule has 9 nitrogen and oxygen atoms in total. The van der Waals surface area contributed by atoms with E-state index in [2.05, 4.69) is 9.97 Å². The number of carbonyl (C=O) groups is 3. The standard InChI is InChI=1S/C19H22N4O3.CH2O2/c1-13-5-3-8-20-16(13)19(26)23-10-4-9-22(11-12-23)18(25)15-7-6-14(2)21-17(15)24;2-1-3/h3,5-8H,4,9-12H2,1-2H3,(H,21,24);1H,(H,2,3). The first-order valence-electron chi connectivity index (χ1n) is 9.17. The molecule has 29 heavy (non-hydrogen) atoms. The summed E-state index contributed by atoms with van der Waals surface area (Å²) in [5.74, 6) is -0.417. The van der Waals surface area contributed by atoms with Gasteiger partial charge in [0.05, 0.1) is 0 Å². The molecule has 1 saturated heterocycles. The van der Waals surface area contributed by atoms with Crippen LogP contribution in [0.25, 0.3) is 0 Å². The average molecular weight is 400 g/mol. The van der Waals surface area contributed by atoms with Crippen molar-refractivity contribution in [3.63, 3.8) is 0 Å². The van der Waals surface area contributed by atoms with Crippen LogP contribution in [0, 0.1) is 13.8 Å². The van der Waals surface area contributed by atoms with E-state index in [0.29, 0.717) is 44.0 Å². The molecule has 2 N–H and O–H groups in total. The zero-order valence-corrected chi connectivity index (χ0v) is 16.4. The molecule has 154 valence electrons. The van der Waals surface area contributed by atoms with Crippen molar-refractivity contribution in [1.82, 2.24) is 19.8 Å². The highest BCUT2D eigenvalue weighted by atomic mass is 16.3. The Labute approximate surface area is 168 Å². The van der Waals surface area contributed by atoms with E-state index < -0.39 is 0 Å². The Balaban J connectivity index is 0.000000941. The fraction of sp³-hybridized carbons (Fsp3) is 0.350. The Bertz CT molecular complexity index is 940. The first kappa shape index (κ1) is 21.8. The van der Waals surface area contributed by atoms with Crippen molar-refractivity contribution >= 4 is 18.3 Å². The van der Waals surface area contributed by atoms with Crippen molar-refractivity contribution in [2.24, 2.45) is 0 Å². The minimum atomic E-state index is -0.378. The van der Waals surface area contributed by atoms with E-state index in [9.17, 15) is 14.4 Å². The molecule has 3 heterocycles. The lowest BCUT2D eigenvalue weighted by Crippen LogP contribution is -2.39. The average Bonchev–Trinajstić information content (AvgIpc) is 2.94. The van der Waals surface area contributed by atoms with Gasteiger partial charge in [0, 0.05) is 38.1 Å². The molecule has 0 bridgehead atoms. The van der Waals surface area contributed by atoms with Gasteiger partial charge in [0.25, 0.3) is 23.8 Å². The number of H-pyrrole nitrogens is 1. The summed E-state index contributed by atoms with van der Waals surface area (Å²) in [5.41, 5.74) is 1.75. The normalized spacial score (nSPS) is 13.7. The predicted molar refractivity (Wildman–Crippen MR) is 106 cm³/mol. The van der Waals surface area contributed by atoms with Crippen LogP contribution in [0.2, 0.25) is 0 Å². The van der Waals surface area contributed by atoms with E-state index >= 15 is 0 Å². The van der Waals surface area contributed by atoms with Gasteiger partial charge in [-0.2, -0.15) is 0 Å². The summed E-state index contributed by atoms with van der Waals surface area (Å²) in [6, 6.07) is 6.93. The number of rotatable bonds is 2. The Hall–Kier alpha value is -3.49. The Kier molecular flexibility index (Phi) is 7.64. The zero-order valence-electron chi connectivity index (χ0n) is 16.4. The quantitative estimate of drug-likeness (QED) is 0.727. The number of nitrogens with zero attached hydrogens (tertiary/aromatic N) is 3. The van der Waals surface area contributed by atoms with Gasteiger partial charge in [0.1, 0.15) is 11.3 Å². The highest BCUT2D eigenvalue weighted by molar-refractivity contribution is 5.95. The second kappa shape index (κ2) is 10.2. The van der Waals surface area contributed by atoms with Gasteiger partial charge in [-0.25, -0.2) is 0 Å². The SMILES string of the molecule is Cc1ccc(C(=O)N2CCCN(C(=O)c3ncccc3C)CC2)c(=O)[nH]1.O=CO. The van der Waals surface area contributed by atoms with E-state index in [0.717, 1.165) is 5.56 Å². The van der Waals surface area contributed by atoms with Gasteiger partial charge in [-0.05, 0) is 44.0 Å². The molecular weight excluding hydrogens is 376 g/mol. The van der Waals surface area contributed by atoms with Gasteiger partial charge < -0.3 is 19.9 Å². The molecule has 0 aliphatic carbocycles. The summed E-state index contributed by atoms with van der Waals surface area (Å²) in [6.45, 7) is 5.26. The summed E-state index contributed by atoms with van der Waals surface area (Å²) in [5, 5.41) is 6.89. The molecule has 0 spiro atoms. The molecule has 3 rings (SSSR count). The van der Waals surface area contributed by atoms with Crippen LogP contribution in [0.15, 0.2) is 35.3 Å². The van der Waals surface area contributed by atoms with Gasteiger partial charge >= 0.3 is 0 Å². The Morgan fingerprint density at radius 1 is 1.07 bits per heavy atom. The third-order valence-corrected chi connectivity index (χ3v) is 4.57. The molecule has 2 amide bonds. The van der Waals surface area contributed by atoms with Crippen LogP contribution in [0.4, 0.5) is 0 Å². The third-order valence-electron chi connectivity index (χ3n) is 4.57. The number of hydrogen-bond donors (Lipinski definition) is 2. The number of carboxylic acid groups (broad SMARTS) is 1. The molecule has 1 aliphatic heterocycles. The maximum Gasteiger partial charge on any atom is 0.290 e. The lowest BCUT2D eigenvalue weighted by Gasteiger charge is -2.22. The van der Waals surface area contributed by atoms with Gasteiger partial charge in [-0.15, -0.1) is 0 Å². The minimum Gasteiger partial charge on any atom is -0.483 e. The van der Waals surface area contributed by atoms with Crippen LogP contribution >= 0.6 is 0 Å². The molecular formula is C20H24N4O5. The maximum atomic E-state index is 12.7. The number of carbonyl (C=O) groups excluding carboxylic acids is 2. The Morgan fingerprint density at radius 3 is 2.28 bits per heavy atom. The van der Waals surface area contributed by atoms with Gasteiger partial charge in [0.15, 0.2) is 0 Å².